The Kier molecular flexibility index (Phi) is 4.99. The Morgan fingerprint density at radius 2 is 1.76 bits per heavy atom. The fourth-order valence-electron chi connectivity index (χ4n) is 1.59. The van der Waals surface area contributed by atoms with Gasteiger partial charge in [0.15, 0.2) is 5.60 Å². The lowest BCUT2D eigenvalue weighted by atomic mass is 9.98. The second-order valence-corrected chi connectivity index (χ2v) is 6.00. The van der Waals surface area contributed by atoms with Crippen LogP contribution in [0.1, 0.15) is 41.0 Å². The predicted octanol–water partition coefficient (Wildman–Crippen LogP) is 3.53. The van der Waals surface area contributed by atoms with Crippen molar-refractivity contribution >= 4 is 12.1 Å². The topological polar surface area (TPSA) is 55.8 Å². The molecule has 0 N–H and O–H groups in total. The van der Waals surface area contributed by atoms with Crippen LogP contribution in [-0.2, 0) is 14.3 Å². The van der Waals surface area contributed by atoms with Crippen LogP contribution >= 0.6 is 0 Å². The van der Waals surface area contributed by atoms with Gasteiger partial charge in [-0.05, 0) is 46.3 Å². The van der Waals surface area contributed by atoms with Gasteiger partial charge in [-0.15, -0.1) is 0 Å². The van der Waals surface area contributed by atoms with E-state index in [-0.39, 0.29) is 0 Å². The third-order valence-electron chi connectivity index (χ3n) is 2.82. The summed E-state index contributed by atoms with van der Waals surface area (Å²) in [6.45, 7) is 12.4. The first-order valence-corrected chi connectivity index (χ1v) is 6.87. The average molecular weight is 293 g/mol. The third kappa shape index (κ3) is 4.77. The van der Waals surface area contributed by atoms with Crippen LogP contribution in [0.25, 0.3) is 0 Å². The van der Waals surface area contributed by atoms with Crippen LogP contribution < -0.4 is 0 Å². The van der Waals surface area contributed by atoms with E-state index in [1.165, 1.54) is 4.90 Å². The number of nitrogens with zero attached hydrogens (tertiary/aromatic N) is 1. The molecule has 5 nitrogen and oxygen atoms in total. The second kappa shape index (κ2) is 6.16. The highest BCUT2D eigenvalue weighted by molar-refractivity contribution is 5.87. The molecule has 0 aromatic heterocycles. The van der Waals surface area contributed by atoms with E-state index in [0.717, 1.165) is 0 Å². The Balaban J connectivity index is 2.80. The standard InChI is InChI=1S/C16H23NO4/c1-7-16(20-13(18)12(2)3)8-10-17(11-9-16)14(19)21-15(4,5)6/h8-11H,2,7H2,1,3-6H3. The Morgan fingerprint density at radius 3 is 2.14 bits per heavy atom. The van der Waals surface area contributed by atoms with Gasteiger partial charge in [0.05, 0.1) is 0 Å². The first kappa shape index (κ1) is 17.0. The summed E-state index contributed by atoms with van der Waals surface area (Å²) in [5, 5.41) is 0. The Bertz CT molecular complexity index is 483. The summed E-state index contributed by atoms with van der Waals surface area (Å²) in [6, 6.07) is 0. The lowest BCUT2D eigenvalue weighted by Crippen LogP contribution is -2.37. The van der Waals surface area contributed by atoms with Crippen molar-refractivity contribution in [2.75, 3.05) is 0 Å². The van der Waals surface area contributed by atoms with Gasteiger partial charge in [0, 0.05) is 18.0 Å². The van der Waals surface area contributed by atoms with Crippen LogP contribution in [0.4, 0.5) is 4.79 Å². The van der Waals surface area contributed by atoms with Crippen molar-refractivity contribution in [3.05, 3.63) is 36.7 Å². The normalized spacial score (nSPS) is 16.5. The highest BCUT2D eigenvalue weighted by atomic mass is 16.6. The SMILES string of the molecule is C=C(C)C(=O)OC1(CC)C=CN(C(=O)OC(C)(C)C)C=C1. The van der Waals surface area contributed by atoms with E-state index >= 15 is 0 Å². The van der Waals surface area contributed by atoms with Gasteiger partial charge >= 0.3 is 12.1 Å². The summed E-state index contributed by atoms with van der Waals surface area (Å²) in [7, 11) is 0. The zero-order valence-corrected chi connectivity index (χ0v) is 13.3. The molecule has 0 atom stereocenters. The van der Waals surface area contributed by atoms with E-state index < -0.39 is 23.3 Å². The molecule has 21 heavy (non-hydrogen) atoms. The van der Waals surface area contributed by atoms with Crippen molar-refractivity contribution < 1.29 is 19.1 Å². The summed E-state index contributed by atoms with van der Waals surface area (Å²) in [5.74, 6) is -0.461. The van der Waals surface area contributed by atoms with Crippen molar-refractivity contribution in [2.24, 2.45) is 0 Å². The van der Waals surface area contributed by atoms with E-state index in [0.29, 0.717) is 12.0 Å². The van der Waals surface area contributed by atoms with Crippen LogP contribution in [-0.4, -0.2) is 28.2 Å². The largest absolute Gasteiger partial charge is 0.447 e. The molecule has 0 radical (unpaired) electrons. The molecule has 0 aromatic carbocycles. The Labute approximate surface area is 125 Å². The van der Waals surface area contributed by atoms with E-state index in [2.05, 4.69) is 6.58 Å². The van der Waals surface area contributed by atoms with Gasteiger partial charge in [0.25, 0.3) is 0 Å². The summed E-state index contributed by atoms with van der Waals surface area (Å²) in [6.07, 6.45) is 6.49. The molecule has 1 heterocycles. The first-order chi connectivity index (χ1) is 9.58. The summed E-state index contributed by atoms with van der Waals surface area (Å²) in [4.78, 5) is 24.9. The number of ether oxygens (including phenoxy) is 2. The van der Waals surface area contributed by atoms with E-state index in [4.69, 9.17) is 9.47 Å². The number of rotatable bonds is 3. The summed E-state index contributed by atoms with van der Waals surface area (Å²) in [5.41, 5.74) is -1.09. The average Bonchev–Trinajstić information content (AvgIpc) is 2.37. The molecule has 116 valence electrons. The van der Waals surface area contributed by atoms with Gasteiger partial charge in [-0.3, -0.25) is 4.90 Å². The molecule has 0 saturated carbocycles. The fraction of sp³-hybridized carbons (Fsp3) is 0.500. The number of carbonyl (C=O) groups is 2. The van der Waals surface area contributed by atoms with Gasteiger partial charge in [-0.25, -0.2) is 9.59 Å². The molecule has 1 amide bonds. The van der Waals surface area contributed by atoms with Crippen molar-refractivity contribution in [3.8, 4) is 0 Å². The molecular formula is C16H23NO4. The minimum atomic E-state index is -0.853. The molecule has 0 unspecified atom stereocenters. The number of esters is 1. The Hall–Kier alpha value is -2.04. The van der Waals surface area contributed by atoms with Crippen molar-refractivity contribution in [1.29, 1.82) is 0 Å². The fourth-order valence-corrected chi connectivity index (χ4v) is 1.59. The number of hydrogen-bond acceptors (Lipinski definition) is 4. The van der Waals surface area contributed by atoms with Gasteiger partial charge in [-0.2, -0.15) is 0 Å². The predicted molar refractivity (Wildman–Crippen MR) is 80.3 cm³/mol. The molecule has 5 heteroatoms. The van der Waals surface area contributed by atoms with Crippen LogP contribution in [0.15, 0.2) is 36.7 Å². The van der Waals surface area contributed by atoms with Crippen LogP contribution in [0.3, 0.4) is 0 Å². The van der Waals surface area contributed by atoms with Crippen molar-refractivity contribution in [3.63, 3.8) is 0 Å². The van der Waals surface area contributed by atoms with Gasteiger partial charge in [0.1, 0.15) is 5.60 Å². The maximum atomic E-state index is 11.9. The molecule has 0 aromatic rings. The summed E-state index contributed by atoms with van der Waals surface area (Å²) >= 11 is 0. The van der Waals surface area contributed by atoms with Gasteiger partial charge in [0.2, 0.25) is 0 Å². The molecule has 1 aliphatic heterocycles. The lowest BCUT2D eigenvalue weighted by Gasteiger charge is -2.31. The molecular weight excluding hydrogens is 270 g/mol. The lowest BCUT2D eigenvalue weighted by molar-refractivity contribution is -0.147. The minimum Gasteiger partial charge on any atom is -0.447 e. The van der Waals surface area contributed by atoms with E-state index in [1.54, 1.807) is 52.2 Å². The van der Waals surface area contributed by atoms with E-state index in [1.807, 2.05) is 6.92 Å². The van der Waals surface area contributed by atoms with Gasteiger partial charge < -0.3 is 9.47 Å². The smallest absolute Gasteiger partial charge is 0.418 e. The van der Waals surface area contributed by atoms with E-state index in [9.17, 15) is 9.59 Å². The summed E-state index contributed by atoms with van der Waals surface area (Å²) < 4.78 is 10.7. The van der Waals surface area contributed by atoms with Crippen LogP contribution in [0, 0.1) is 0 Å². The first-order valence-electron chi connectivity index (χ1n) is 6.87. The maximum absolute atomic E-state index is 11.9. The minimum absolute atomic E-state index is 0.333. The second-order valence-electron chi connectivity index (χ2n) is 6.00. The molecule has 0 fully saturated rings. The molecule has 0 aliphatic carbocycles. The highest BCUT2D eigenvalue weighted by Gasteiger charge is 2.31. The van der Waals surface area contributed by atoms with Crippen LogP contribution in [0.2, 0.25) is 0 Å². The molecule has 0 bridgehead atoms. The monoisotopic (exact) mass is 293 g/mol. The zero-order chi connectivity index (χ0) is 16.3. The van der Waals surface area contributed by atoms with Crippen molar-refractivity contribution in [2.45, 2.75) is 52.2 Å². The molecule has 1 aliphatic rings. The zero-order valence-electron chi connectivity index (χ0n) is 13.3. The van der Waals surface area contributed by atoms with Gasteiger partial charge in [-0.1, -0.05) is 13.5 Å². The molecule has 1 rings (SSSR count). The van der Waals surface area contributed by atoms with Crippen LogP contribution in [0.5, 0.6) is 0 Å². The maximum Gasteiger partial charge on any atom is 0.418 e. The van der Waals surface area contributed by atoms with Crippen molar-refractivity contribution in [1.82, 2.24) is 4.90 Å². The third-order valence-corrected chi connectivity index (χ3v) is 2.82. The molecule has 0 saturated heterocycles. The number of hydrogen-bond donors (Lipinski definition) is 0. The quantitative estimate of drug-likeness (QED) is 0.590. The molecule has 0 spiro atoms. The number of amides is 1. The number of carbonyl (C=O) groups excluding carboxylic acids is 2. The highest BCUT2D eigenvalue weighted by Crippen LogP contribution is 2.26. The Morgan fingerprint density at radius 1 is 1.24 bits per heavy atom.